The molecule has 0 atom stereocenters. The summed E-state index contributed by atoms with van der Waals surface area (Å²) >= 11 is 0. The van der Waals surface area contributed by atoms with Crippen molar-refractivity contribution in [1.29, 1.82) is 0 Å². The molecule has 3 N–H and O–H groups in total. The van der Waals surface area contributed by atoms with E-state index in [2.05, 4.69) is 10.6 Å². The molecule has 0 spiro atoms. The Bertz CT molecular complexity index is 680. The first-order valence-electron chi connectivity index (χ1n) is 6.57. The van der Waals surface area contributed by atoms with Crippen molar-refractivity contribution in [1.82, 2.24) is 5.32 Å². The molecule has 0 fully saturated rings. The van der Waals surface area contributed by atoms with Crippen LogP contribution in [0.15, 0.2) is 36.4 Å². The summed E-state index contributed by atoms with van der Waals surface area (Å²) in [5, 5.41) is 15.7. The summed E-state index contributed by atoms with van der Waals surface area (Å²) in [5.41, 5.74) is 4.43. The lowest BCUT2D eigenvalue weighted by molar-refractivity contribution is 0.102. The van der Waals surface area contributed by atoms with Crippen molar-refractivity contribution in [3.05, 3.63) is 58.7 Å². The van der Waals surface area contributed by atoms with Gasteiger partial charge in [0, 0.05) is 30.4 Å². The second kappa shape index (κ2) is 4.98. The molecule has 1 aliphatic heterocycles. The van der Waals surface area contributed by atoms with Crippen LogP contribution in [0.1, 0.15) is 27.0 Å². The van der Waals surface area contributed by atoms with Gasteiger partial charge in [-0.1, -0.05) is 12.1 Å². The smallest absolute Gasteiger partial charge is 0.255 e. The number of anilines is 1. The van der Waals surface area contributed by atoms with Gasteiger partial charge in [-0.05, 0) is 41.8 Å². The zero-order valence-corrected chi connectivity index (χ0v) is 11.2. The van der Waals surface area contributed by atoms with Gasteiger partial charge in [0.05, 0.1) is 0 Å². The number of rotatable bonds is 2. The molecule has 4 nitrogen and oxygen atoms in total. The highest BCUT2D eigenvalue weighted by Gasteiger charge is 2.13. The van der Waals surface area contributed by atoms with Crippen molar-refractivity contribution in [2.45, 2.75) is 20.0 Å². The summed E-state index contributed by atoms with van der Waals surface area (Å²) in [6, 6.07) is 10.8. The van der Waals surface area contributed by atoms with Crippen molar-refractivity contribution in [2.24, 2.45) is 0 Å². The highest BCUT2D eigenvalue weighted by molar-refractivity contribution is 6.04. The Balaban J connectivity index is 1.80. The number of hydrogen-bond donors (Lipinski definition) is 3. The molecule has 4 heteroatoms. The molecule has 1 aliphatic rings. The average Bonchev–Trinajstić information content (AvgIpc) is 2.90. The van der Waals surface area contributed by atoms with Crippen LogP contribution in [0.3, 0.4) is 0 Å². The van der Waals surface area contributed by atoms with Crippen LogP contribution >= 0.6 is 0 Å². The fraction of sp³-hybridized carbons (Fsp3) is 0.188. The zero-order chi connectivity index (χ0) is 14.1. The number of carbonyl (C=O) groups is 1. The molecule has 2 aromatic rings. The minimum atomic E-state index is -0.164. The van der Waals surface area contributed by atoms with Gasteiger partial charge in [-0.15, -0.1) is 0 Å². The number of phenolic OH excluding ortho intramolecular Hbond substituents is 1. The quantitative estimate of drug-likeness (QED) is 0.784. The van der Waals surface area contributed by atoms with Gasteiger partial charge in [0.2, 0.25) is 0 Å². The van der Waals surface area contributed by atoms with E-state index >= 15 is 0 Å². The summed E-state index contributed by atoms with van der Waals surface area (Å²) in [5.74, 6) is 0.0175. The number of benzene rings is 2. The van der Waals surface area contributed by atoms with E-state index in [0.29, 0.717) is 11.3 Å². The number of phenols is 1. The van der Waals surface area contributed by atoms with Crippen molar-refractivity contribution >= 4 is 11.6 Å². The predicted molar refractivity (Wildman–Crippen MR) is 77.8 cm³/mol. The Morgan fingerprint density at radius 3 is 2.75 bits per heavy atom. The first-order valence-corrected chi connectivity index (χ1v) is 6.57. The van der Waals surface area contributed by atoms with Crippen LogP contribution in [0.2, 0.25) is 0 Å². The van der Waals surface area contributed by atoms with Gasteiger partial charge >= 0.3 is 0 Å². The third-order valence-electron chi connectivity index (χ3n) is 3.57. The topological polar surface area (TPSA) is 61.4 Å². The van der Waals surface area contributed by atoms with Gasteiger partial charge in [0.25, 0.3) is 5.91 Å². The molecule has 0 aliphatic carbocycles. The Hall–Kier alpha value is -2.33. The highest BCUT2D eigenvalue weighted by Crippen LogP contribution is 2.22. The van der Waals surface area contributed by atoms with Crippen molar-refractivity contribution < 1.29 is 9.90 Å². The van der Waals surface area contributed by atoms with Gasteiger partial charge < -0.3 is 15.7 Å². The van der Waals surface area contributed by atoms with Crippen LogP contribution in [0.5, 0.6) is 5.75 Å². The molecule has 20 heavy (non-hydrogen) atoms. The maximum Gasteiger partial charge on any atom is 0.255 e. The lowest BCUT2D eigenvalue weighted by Crippen LogP contribution is -2.12. The largest absolute Gasteiger partial charge is 0.508 e. The molecule has 0 saturated heterocycles. The lowest BCUT2D eigenvalue weighted by Gasteiger charge is -2.08. The van der Waals surface area contributed by atoms with Crippen molar-refractivity contribution in [2.75, 3.05) is 5.32 Å². The molecule has 0 bridgehead atoms. The summed E-state index contributed by atoms with van der Waals surface area (Å²) in [6.45, 7) is 3.49. The van der Waals surface area contributed by atoms with Gasteiger partial charge in [0.1, 0.15) is 5.75 Å². The molecule has 102 valence electrons. The summed E-state index contributed by atoms with van der Waals surface area (Å²) < 4.78 is 0. The molecule has 3 rings (SSSR count). The first kappa shape index (κ1) is 12.7. The number of carbonyl (C=O) groups excluding carboxylic acids is 1. The minimum absolute atomic E-state index is 0.164. The van der Waals surface area contributed by atoms with Gasteiger partial charge in [0.15, 0.2) is 0 Å². The van der Waals surface area contributed by atoms with E-state index in [-0.39, 0.29) is 11.7 Å². The lowest BCUT2D eigenvalue weighted by atomic mass is 10.1. The number of fused-ring (bicyclic) bond motifs is 1. The average molecular weight is 268 g/mol. The maximum atomic E-state index is 12.2. The van der Waals surface area contributed by atoms with E-state index in [1.54, 1.807) is 18.2 Å². The second-order valence-electron chi connectivity index (χ2n) is 5.04. The maximum absolute atomic E-state index is 12.2. The molecule has 2 aromatic carbocycles. The van der Waals surface area contributed by atoms with Crippen LogP contribution in [0.25, 0.3) is 0 Å². The van der Waals surface area contributed by atoms with E-state index in [9.17, 15) is 9.90 Å². The van der Waals surface area contributed by atoms with Gasteiger partial charge in [-0.3, -0.25) is 4.79 Å². The Morgan fingerprint density at radius 2 is 1.95 bits per heavy atom. The van der Waals surface area contributed by atoms with E-state index in [1.807, 2.05) is 25.1 Å². The van der Waals surface area contributed by atoms with Crippen molar-refractivity contribution in [3.63, 3.8) is 0 Å². The Kier molecular flexibility index (Phi) is 3.16. The standard InChI is InChI=1S/C16H16N2O2/c1-10-2-5-14(7-15(10)19)18-16(20)11-3-4-12-8-17-9-13(12)6-11/h2-7,17,19H,8-9H2,1H3,(H,18,20). The van der Waals surface area contributed by atoms with Crippen LogP contribution in [-0.2, 0) is 13.1 Å². The molecule has 1 amide bonds. The van der Waals surface area contributed by atoms with Crippen molar-refractivity contribution in [3.8, 4) is 5.75 Å². The molecule has 0 saturated carbocycles. The molecule has 0 radical (unpaired) electrons. The van der Waals surface area contributed by atoms with Gasteiger partial charge in [-0.25, -0.2) is 0 Å². The van der Waals surface area contributed by atoms with E-state index in [1.165, 1.54) is 11.1 Å². The fourth-order valence-corrected chi connectivity index (χ4v) is 2.33. The van der Waals surface area contributed by atoms with E-state index in [4.69, 9.17) is 0 Å². The van der Waals surface area contributed by atoms with Gasteiger partial charge in [-0.2, -0.15) is 0 Å². The third kappa shape index (κ3) is 2.38. The third-order valence-corrected chi connectivity index (χ3v) is 3.57. The number of aryl methyl sites for hydroxylation is 1. The van der Waals surface area contributed by atoms with Crippen LogP contribution in [0.4, 0.5) is 5.69 Å². The highest BCUT2D eigenvalue weighted by atomic mass is 16.3. The number of hydrogen-bond acceptors (Lipinski definition) is 3. The molecular weight excluding hydrogens is 252 g/mol. The number of nitrogens with one attached hydrogen (secondary N) is 2. The van der Waals surface area contributed by atoms with Crippen LogP contribution in [0, 0.1) is 6.92 Å². The SMILES string of the molecule is Cc1ccc(NC(=O)c2ccc3c(c2)CNC3)cc1O. The normalized spacial score (nSPS) is 13.1. The molecule has 0 aromatic heterocycles. The minimum Gasteiger partial charge on any atom is -0.508 e. The monoisotopic (exact) mass is 268 g/mol. The Labute approximate surface area is 117 Å². The number of amides is 1. The fourth-order valence-electron chi connectivity index (χ4n) is 2.33. The summed E-state index contributed by atoms with van der Waals surface area (Å²) in [7, 11) is 0. The Morgan fingerprint density at radius 1 is 1.15 bits per heavy atom. The second-order valence-corrected chi connectivity index (χ2v) is 5.04. The molecule has 1 heterocycles. The first-order chi connectivity index (χ1) is 9.63. The van der Waals surface area contributed by atoms with E-state index < -0.39 is 0 Å². The molecular formula is C16H16N2O2. The summed E-state index contributed by atoms with van der Waals surface area (Å²) in [4.78, 5) is 12.2. The predicted octanol–water partition coefficient (Wildman–Crippen LogP) is 2.56. The van der Waals surface area contributed by atoms with Crippen LogP contribution in [-0.4, -0.2) is 11.0 Å². The number of aromatic hydroxyl groups is 1. The summed E-state index contributed by atoms with van der Waals surface area (Å²) in [6.07, 6.45) is 0. The van der Waals surface area contributed by atoms with E-state index in [0.717, 1.165) is 18.7 Å². The zero-order valence-electron chi connectivity index (χ0n) is 11.2. The molecule has 0 unspecified atom stereocenters. The van der Waals surface area contributed by atoms with Crippen LogP contribution < -0.4 is 10.6 Å².